The van der Waals surface area contributed by atoms with Crippen molar-refractivity contribution in [3.05, 3.63) is 65.1 Å². The molecule has 7 nitrogen and oxygen atoms in total. The molecule has 3 aromatic rings. The lowest BCUT2D eigenvalue weighted by atomic mass is 9.92. The molecule has 0 aliphatic heterocycles. The average molecular weight is 364 g/mol. The van der Waals surface area contributed by atoms with Crippen LogP contribution < -0.4 is 15.6 Å². The first-order valence-corrected chi connectivity index (χ1v) is 9.04. The molecule has 0 bridgehead atoms. The zero-order chi connectivity index (χ0) is 18.6. The van der Waals surface area contributed by atoms with Crippen LogP contribution in [0.25, 0.3) is 10.8 Å². The largest absolute Gasteiger partial charge is 0.490 e. The highest BCUT2D eigenvalue weighted by Crippen LogP contribution is 2.29. The van der Waals surface area contributed by atoms with Crippen LogP contribution in [0.4, 0.5) is 0 Å². The number of aromatic amines is 1. The van der Waals surface area contributed by atoms with Gasteiger partial charge >= 0.3 is 0 Å². The van der Waals surface area contributed by atoms with Gasteiger partial charge in [0.15, 0.2) is 0 Å². The van der Waals surface area contributed by atoms with Crippen LogP contribution in [-0.2, 0) is 0 Å². The number of aromatic nitrogens is 3. The minimum absolute atomic E-state index is 0.0859. The molecule has 1 aliphatic rings. The number of pyridine rings is 1. The average Bonchev–Trinajstić information content (AvgIpc) is 2.70. The van der Waals surface area contributed by atoms with Gasteiger partial charge in [0.1, 0.15) is 11.4 Å². The fourth-order valence-corrected chi connectivity index (χ4v) is 3.43. The van der Waals surface area contributed by atoms with Gasteiger partial charge < -0.3 is 15.0 Å². The SMILES string of the molecule is O=C(NC1CCC(Oc2cccc3cnccc23)CC1)c1c[nH]c(=O)cn1. The molecule has 0 saturated heterocycles. The van der Waals surface area contributed by atoms with Gasteiger partial charge in [-0.05, 0) is 37.8 Å². The Morgan fingerprint density at radius 2 is 2.00 bits per heavy atom. The number of carbonyl (C=O) groups is 1. The maximum atomic E-state index is 12.2. The van der Waals surface area contributed by atoms with E-state index in [2.05, 4.69) is 20.3 Å². The van der Waals surface area contributed by atoms with Crippen molar-refractivity contribution in [2.24, 2.45) is 0 Å². The first-order chi connectivity index (χ1) is 13.2. The lowest BCUT2D eigenvalue weighted by Gasteiger charge is -2.29. The summed E-state index contributed by atoms with van der Waals surface area (Å²) in [5.74, 6) is 0.608. The van der Waals surface area contributed by atoms with Crippen LogP contribution in [0.2, 0.25) is 0 Å². The Kier molecular flexibility index (Phi) is 4.82. The second-order valence-corrected chi connectivity index (χ2v) is 6.71. The van der Waals surface area contributed by atoms with E-state index in [-0.39, 0.29) is 29.3 Å². The summed E-state index contributed by atoms with van der Waals surface area (Å²) in [5, 5.41) is 5.10. The molecule has 0 atom stereocenters. The number of carbonyl (C=O) groups excluding carboxylic acids is 1. The first kappa shape index (κ1) is 17.2. The van der Waals surface area contributed by atoms with E-state index in [0.29, 0.717) is 0 Å². The molecule has 138 valence electrons. The lowest BCUT2D eigenvalue weighted by Crippen LogP contribution is -2.40. The molecule has 1 saturated carbocycles. The summed E-state index contributed by atoms with van der Waals surface area (Å²) in [5.41, 5.74) is -0.106. The van der Waals surface area contributed by atoms with Crippen molar-refractivity contribution in [1.29, 1.82) is 0 Å². The van der Waals surface area contributed by atoms with Crippen molar-refractivity contribution < 1.29 is 9.53 Å². The summed E-state index contributed by atoms with van der Waals surface area (Å²) in [6.07, 6.45) is 9.59. The molecule has 2 heterocycles. The normalized spacial score (nSPS) is 19.6. The maximum absolute atomic E-state index is 12.2. The fourth-order valence-electron chi connectivity index (χ4n) is 3.43. The monoisotopic (exact) mass is 364 g/mol. The number of nitrogens with one attached hydrogen (secondary N) is 2. The molecular formula is C20H20N4O3. The third-order valence-corrected chi connectivity index (χ3v) is 4.85. The van der Waals surface area contributed by atoms with E-state index in [1.54, 1.807) is 6.20 Å². The topological polar surface area (TPSA) is 97.0 Å². The number of H-pyrrole nitrogens is 1. The minimum Gasteiger partial charge on any atom is -0.490 e. The van der Waals surface area contributed by atoms with E-state index in [1.807, 2.05) is 30.5 Å². The molecule has 2 N–H and O–H groups in total. The standard InChI is InChI=1S/C20H20N4O3/c25-19-12-22-17(11-23-19)20(26)24-14-4-6-15(7-5-14)27-18-3-1-2-13-10-21-9-8-16(13)18/h1-3,8-12,14-15H,4-7H2,(H,23,25)(H,24,26). The number of ether oxygens (including phenoxy) is 1. The molecule has 1 aliphatic carbocycles. The molecule has 1 aromatic carbocycles. The molecule has 0 spiro atoms. The van der Waals surface area contributed by atoms with Crippen LogP contribution in [-0.4, -0.2) is 33.0 Å². The van der Waals surface area contributed by atoms with E-state index in [1.165, 1.54) is 6.20 Å². The number of nitrogens with zero attached hydrogens (tertiary/aromatic N) is 2. The zero-order valence-electron chi connectivity index (χ0n) is 14.7. The van der Waals surface area contributed by atoms with Crippen molar-refractivity contribution in [3.8, 4) is 5.75 Å². The molecule has 2 aromatic heterocycles. The van der Waals surface area contributed by atoms with Crippen LogP contribution in [0, 0.1) is 0 Å². The van der Waals surface area contributed by atoms with Gasteiger partial charge in [-0.3, -0.25) is 14.6 Å². The summed E-state index contributed by atoms with van der Waals surface area (Å²) < 4.78 is 6.23. The summed E-state index contributed by atoms with van der Waals surface area (Å²) in [6.45, 7) is 0. The van der Waals surface area contributed by atoms with Crippen molar-refractivity contribution in [2.45, 2.75) is 37.8 Å². The van der Waals surface area contributed by atoms with E-state index in [4.69, 9.17) is 4.74 Å². The van der Waals surface area contributed by atoms with Crippen molar-refractivity contribution in [3.63, 3.8) is 0 Å². The Balaban J connectivity index is 1.34. The number of benzene rings is 1. The number of fused-ring (bicyclic) bond motifs is 1. The van der Waals surface area contributed by atoms with E-state index >= 15 is 0 Å². The summed E-state index contributed by atoms with van der Waals surface area (Å²) in [7, 11) is 0. The molecule has 27 heavy (non-hydrogen) atoms. The smallest absolute Gasteiger partial charge is 0.271 e. The number of hydrogen-bond acceptors (Lipinski definition) is 5. The third kappa shape index (κ3) is 3.97. The Hall–Kier alpha value is -3.22. The van der Waals surface area contributed by atoms with Gasteiger partial charge in [-0.1, -0.05) is 12.1 Å². The van der Waals surface area contributed by atoms with Crippen LogP contribution in [0.5, 0.6) is 5.75 Å². The zero-order valence-corrected chi connectivity index (χ0v) is 14.7. The van der Waals surface area contributed by atoms with Gasteiger partial charge in [0.2, 0.25) is 0 Å². The predicted octanol–water partition coefficient (Wildman–Crippen LogP) is 2.44. The second kappa shape index (κ2) is 7.57. The second-order valence-electron chi connectivity index (χ2n) is 6.71. The minimum atomic E-state index is -0.326. The van der Waals surface area contributed by atoms with Gasteiger partial charge in [-0.2, -0.15) is 0 Å². The van der Waals surface area contributed by atoms with E-state index in [9.17, 15) is 9.59 Å². The van der Waals surface area contributed by atoms with Crippen molar-refractivity contribution >= 4 is 16.7 Å². The van der Waals surface area contributed by atoms with Gasteiger partial charge in [-0.25, -0.2) is 4.98 Å². The number of rotatable bonds is 4. The highest BCUT2D eigenvalue weighted by molar-refractivity contribution is 5.92. The summed E-state index contributed by atoms with van der Waals surface area (Å²) in [6, 6.07) is 8.03. The van der Waals surface area contributed by atoms with Crippen LogP contribution in [0.1, 0.15) is 36.2 Å². The maximum Gasteiger partial charge on any atom is 0.271 e. The van der Waals surface area contributed by atoms with Gasteiger partial charge in [0.25, 0.3) is 11.5 Å². The van der Waals surface area contributed by atoms with Crippen LogP contribution >= 0.6 is 0 Å². The first-order valence-electron chi connectivity index (χ1n) is 9.04. The Morgan fingerprint density at radius 3 is 2.78 bits per heavy atom. The van der Waals surface area contributed by atoms with Gasteiger partial charge in [0.05, 0.1) is 12.3 Å². The third-order valence-electron chi connectivity index (χ3n) is 4.85. The molecule has 1 amide bonds. The number of hydrogen-bond donors (Lipinski definition) is 2. The van der Waals surface area contributed by atoms with Crippen LogP contribution in [0.15, 0.2) is 53.8 Å². The quantitative estimate of drug-likeness (QED) is 0.741. The molecule has 4 rings (SSSR count). The molecule has 7 heteroatoms. The summed E-state index contributed by atoms with van der Waals surface area (Å²) in [4.78, 5) is 33.7. The Labute approximate surface area is 155 Å². The Bertz CT molecular complexity index is 984. The van der Waals surface area contributed by atoms with Gasteiger partial charge in [-0.15, -0.1) is 0 Å². The number of amides is 1. The Morgan fingerprint density at radius 1 is 1.15 bits per heavy atom. The van der Waals surface area contributed by atoms with E-state index < -0.39 is 0 Å². The van der Waals surface area contributed by atoms with E-state index in [0.717, 1.165) is 48.4 Å². The van der Waals surface area contributed by atoms with Crippen LogP contribution in [0.3, 0.4) is 0 Å². The molecule has 1 fully saturated rings. The van der Waals surface area contributed by atoms with Gasteiger partial charge in [0, 0.05) is 35.4 Å². The molecule has 0 radical (unpaired) electrons. The lowest BCUT2D eigenvalue weighted by molar-refractivity contribution is 0.0889. The molecule has 0 unspecified atom stereocenters. The predicted molar refractivity (Wildman–Crippen MR) is 101 cm³/mol. The summed E-state index contributed by atoms with van der Waals surface area (Å²) >= 11 is 0. The highest BCUT2D eigenvalue weighted by atomic mass is 16.5. The van der Waals surface area contributed by atoms with Crippen molar-refractivity contribution in [2.75, 3.05) is 0 Å². The molecular weight excluding hydrogens is 344 g/mol. The fraction of sp³-hybridized carbons (Fsp3) is 0.300. The highest BCUT2D eigenvalue weighted by Gasteiger charge is 2.24. The van der Waals surface area contributed by atoms with Crippen molar-refractivity contribution in [1.82, 2.24) is 20.3 Å².